The van der Waals surface area contributed by atoms with Crippen molar-refractivity contribution in [2.75, 3.05) is 11.5 Å². The lowest BCUT2D eigenvalue weighted by molar-refractivity contribution is 0.601. The Labute approximate surface area is 88.5 Å². The summed E-state index contributed by atoms with van der Waals surface area (Å²) in [5.41, 5.74) is 0. The van der Waals surface area contributed by atoms with Crippen molar-refractivity contribution in [1.29, 1.82) is 0 Å². The minimum Gasteiger partial charge on any atom is -0.616 e. The second kappa shape index (κ2) is 14.2. The Morgan fingerprint density at radius 3 is 1.54 bits per heavy atom. The fraction of sp³-hybridized carbons (Fsp3) is 0.200. The Morgan fingerprint density at radius 2 is 1.38 bits per heavy atom. The molecule has 0 unspecified atom stereocenters. The van der Waals surface area contributed by atoms with Gasteiger partial charge in [-0.2, -0.15) is 0 Å². The van der Waals surface area contributed by atoms with Crippen molar-refractivity contribution in [3.8, 4) is 0 Å². The van der Waals surface area contributed by atoms with E-state index in [2.05, 4.69) is 26.3 Å². The molecule has 0 aromatic carbocycles. The van der Waals surface area contributed by atoms with Crippen molar-refractivity contribution in [1.82, 2.24) is 0 Å². The summed E-state index contributed by atoms with van der Waals surface area (Å²) in [5, 5.41) is 3.46. The lowest BCUT2D eigenvalue weighted by Crippen LogP contribution is -2.06. The van der Waals surface area contributed by atoms with E-state index in [1.165, 1.54) is 11.8 Å². The van der Waals surface area contributed by atoms with Crippen LogP contribution in [0.1, 0.15) is 0 Å². The van der Waals surface area contributed by atoms with Crippen LogP contribution in [0.2, 0.25) is 0 Å². The Hall–Kier alpha value is -0.380. The molecule has 0 heterocycles. The summed E-state index contributed by atoms with van der Waals surface area (Å²) < 4.78 is 10.6. The van der Waals surface area contributed by atoms with Crippen molar-refractivity contribution < 1.29 is 4.55 Å². The molecule has 1 nitrogen and oxygen atoms in total. The van der Waals surface area contributed by atoms with Crippen molar-refractivity contribution in [2.24, 2.45) is 0 Å². The lowest BCUT2D eigenvalue weighted by Gasteiger charge is -2.03. The molecule has 0 bridgehead atoms. The first-order valence-electron chi connectivity index (χ1n) is 3.66. The maximum Gasteiger partial charge on any atom is 0.123 e. The first kappa shape index (κ1) is 15.1. The number of thioether (sulfide) groups is 1. The fourth-order valence-electron chi connectivity index (χ4n) is 0.399. The van der Waals surface area contributed by atoms with Crippen LogP contribution in [-0.4, -0.2) is 16.1 Å². The summed E-state index contributed by atoms with van der Waals surface area (Å²) in [4.78, 5) is 0. The predicted octanol–water partition coefficient (Wildman–Crippen LogP) is 3.11. The van der Waals surface area contributed by atoms with Crippen LogP contribution in [0.15, 0.2) is 49.3 Å². The highest BCUT2D eigenvalue weighted by Crippen LogP contribution is 1.96. The predicted molar refractivity (Wildman–Crippen MR) is 66.3 cm³/mol. The van der Waals surface area contributed by atoms with Gasteiger partial charge >= 0.3 is 0 Å². The van der Waals surface area contributed by atoms with E-state index in [1.807, 2.05) is 0 Å². The van der Waals surface area contributed by atoms with Crippen LogP contribution in [-0.2, 0) is 11.2 Å². The summed E-state index contributed by atoms with van der Waals surface area (Å²) in [6.07, 6.45) is 3.30. The maximum atomic E-state index is 10.6. The van der Waals surface area contributed by atoms with Crippen molar-refractivity contribution in [3.63, 3.8) is 0 Å². The SMILES string of the molecule is C=CC[S+]([O-])CC=C.C=CSC=C. The van der Waals surface area contributed by atoms with Crippen molar-refractivity contribution >= 4 is 22.9 Å². The Balaban J connectivity index is 0. The molecule has 0 N–H and O–H groups in total. The molecule has 0 fully saturated rings. The summed E-state index contributed by atoms with van der Waals surface area (Å²) in [6, 6.07) is 0. The molecule has 0 aromatic rings. The highest BCUT2D eigenvalue weighted by molar-refractivity contribution is 8.04. The molecule has 0 aliphatic heterocycles. The van der Waals surface area contributed by atoms with Gasteiger partial charge in [0.05, 0.1) is 0 Å². The third-order valence-corrected chi connectivity index (χ3v) is 2.40. The molecule has 0 amide bonds. The molecule has 13 heavy (non-hydrogen) atoms. The summed E-state index contributed by atoms with van der Waals surface area (Å²) in [7, 11) is 0. The third-order valence-electron chi connectivity index (χ3n) is 0.800. The standard InChI is InChI=1S/C6H10OS.C4H6S/c1-3-5-8(7)6-4-2;1-3-5-4-2/h3-4H,1-2,5-6H2;3-4H,1-2H2. The van der Waals surface area contributed by atoms with Crippen LogP contribution in [0, 0.1) is 0 Å². The van der Waals surface area contributed by atoms with Crippen molar-refractivity contribution in [2.45, 2.75) is 0 Å². The highest BCUT2D eigenvalue weighted by Gasteiger charge is 1.95. The monoisotopic (exact) mass is 216 g/mol. The van der Waals surface area contributed by atoms with Gasteiger partial charge < -0.3 is 4.55 Å². The fourth-order valence-corrected chi connectivity index (χ4v) is 1.20. The Kier molecular flexibility index (Phi) is 16.5. The maximum absolute atomic E-state index is 10.6. The van der Waals surface area contributed by atoms with Gasteiger partial charge in [0.2, 0.25) is 0 Å². The van der Waals surface area contributed by atoms with E-state index < -0.39 is 11.2 Å². The molecule has 0 rings (SSSR count). The zero-order chi connectivity index (χ0) is 10.5. The van der Waals surface area contributed by atoms with E-state index in [1.54, 1.807) is 23.0 Å². The molecule has 3 heteroatoms. The quantitative estimate of drug-likeness (QED) is 0.503. The molecule has 0 aromatic heterocycles. The Morgan fingerprint density at radius 1 is 1.00 bits per heavy atom. The molecule has 0 aliphatic rings. The minimum atomic E-state index is -0.756. The van der Waals surface area contributed by atoms with Gasteiger partial charge in [0.25, 0.3) is 0 Å². The van der Waals surface area contributed by atoms with Crippen LogP contribution in [0.3, 0.4) is 0 Å². The molecule has 74 valence electrons. The van der Waals surface area contributed by atoms with Crippen LogP contribution in [0.5, 0.6) is 0 Å². The summed E-state index contributed by atoms with van der Waals surface area (Å²) >= 11 is 0.735. The summed E-state index contributed by atoms with van der Waals surface area (Å²) in [5.74, 6) is 1.15. The molecule has 0 saturated carbocycles. The second-order valence-electron chi connectivity index (χ2n) is 1.82. The average molecular weight is 216 g/mol. The molecule has 0 radical (unpaired) electrons. The van der Waals surface area contributed by atoms with Gasteiger partial charge in [0.1, 0.15) is 11.5 Å². The smallest absolute Gasteiger partial charge is 0.123 e. The second-order valence-corrected chi connectivity index (χ2v) is 4.31. The third kappa shape index (κ3) is 18.5. The van der Waals surface area contributed by atoms with Gasteiger partial charge in [0, 0.05) is 0 Å². The van der Waals surface area contributed by atoms with E-state index >= 15 is 0 Å². The van der Waals surface area contributed by atoms with E-state index in [0.717, 1.165) is 0 Å². The number of hydrogen-bond donors (Lipinski definition) is 0. The van der Waals surface area contributed by atoms with Gasteiger partial charge in [-0.15, -0.1) is 11.8 Å². The van der Waals surface area contributed by atoms with Crippen LogP contribution >= 0.6 is 11.8 Å². The average Bonchev–Trinajstić information content (AvgIpc) is 2.08. The van der Waals surface area contributed by atoms with E-state index in [0.29, 0.717) is 11.5 Å². The largest absolute Gasteiger partial charge is 0.616 e. The van der Waals surface area contributed by atoms with Crippen molar-refractivity contribution in [3.05, 3.63) is 49.3 Å². The number of rotatable bonds is 6. The topological polar surface area (TPSA) is 23.1 Å². The molecule has 0 spiro atoms. The number of hydrogen-bond acceptors (Lipinski definition) is 2. The minimum absolute atomic E-state index is 0.575. The van der Waals surface area contributed by atoms with Crippen LogP contribution < -0.4 is 0 Å². The lowest BCUT2D eigenvalue weighted by atomic mass is 10.8. The van der Waals surface area contributed by atoms with E-state index in [9.17, 15) is 4.55 Å². The molecule has 0 atom stereocenters. The molecule has 0 saturated heterocycles. The molecular formula is C10H16OS2. The Bertz CT molecular complexity index is 139. The van der Waals surface area contributed by atoms with Gasteiger partial charge in [-0.25, -0.2) is 0 Å². The van der Waals surface area contributed by atoms with Gasteiger partial charge in [-0.3, -0.25) is 0 Å². The first-order chi connectivity index (χ1) is 6.22. The summed E-state index contributed by atoms with van der Waals surface area (Å²) in [6.45, 7) is 13.8. The zero-order valence-electron chi connectivity index (χ0n) is 7.78. The highest BCUT2D eigenvalue weighted by atomic mass is 32.2. The van der Waals surface area contributed by atoms with Gasteiger partial charge in [-0.05, 0) is 34.1 Å². The van der Waals surface area contributed by atoms with E-state index in [4.69, 9.17) is 0 Å². The molecular weight excluding hydrogens is 200 g/mol. The normalized spacial score (nSPS) is 8.15. The first-order valence-corrected chi connectivity index (χ1v) is 6.10. The zero-order valence-corrected chi connectivity index (χ0v) is 9.41. The van der Waals surface area contributed by atoms with Gasteiger partial charge in [-0.1, -0.05) is 26.3 Å². The molecule has 0 aliphatic carbocycles. The van der Waals surface area contributed by atoms with Crippen LogP contribution in [0.4, 0.5) is 0 Å². The van der Waals surface area contributed by atoms with Crippen LogP contribution in [0.25, 0.3) is 0 Å². The van der Waals surface area contributed by atoms with E-state index in [-0.39, 0.29) is 0 Å². The van der Waals surface area contributed by atoms with Gasteiger partial charge in [0.15, 0.2) is 0 Å².